The quantitative estimate of drug-likeness (QED) is 0.333. The van der Waals surface area contributed by atoms with E-state index in [-0.39, 0.29) is 19.8 Å². The highest BCUT2D eigenvalue weighted by Gasteiger charge is 2.31. The third kappa shape index (κ3) is 9.41. The lowest BCUT2D eigenvalue weighted by atomic mass is 9.92. The van der Waals surface area contributed by atoms with E-state index in [1.165, 1.54) is 44.1 Å². The number of nitrogens with one attached hydrogen (secondary N) is 1. The number of alkyl carbamates (subject to hydrolysis) is 1. The molecule has 5 nitrogen and oxygen atoms in total. The Bertz CT molecular complexity index is 757. The highest BCUT2D eigenvalue weighted by molar-refractivity contribution is 5.68. The van der Waals surface area contributed by atoms with Gasteiger partial charge in [-0.2, -0.15) is 0 Å². The van der Waals surface area contributed by atoms with Gasteiger partial charge in [0.05, 0.1) is 18.8 Å². The van der Waals surface area contributed by atoms with Crippen molar-refractivity contribution < 1.29 is 19.7 Å². The van der Waals surface area contributed by atoms with Crippen molar-refractivity contribution in [2.45, 2.75) is 76.9 Å². The van der Waals surface area contributed by atoms with Crippen LogP contribution in [0.25, 0.3) is 0 Å². The molecule has 32 heavy (non-hydrogen) atoms. The molecule has 1 amide bonds. The van der Waals surface area contributed by atoms with Crippen molar-refractivity contribution in [3.63, 3.8) is 0 Å². The minimum Gasteiger partial charge on any atom is -0.445 e. The fourth-order valence-electron chi connectivity index (χ4n) is 3.69. The normalized spacial score (nSPS) is 11.3. The second-order valence-electron chi connectivity index (χ2n) is 8.62. The molecule has 0 saturated carbocycles. The molecule has 0 atom stereocenters. The predicted molar refractivity (Wildman–Crippen MR) is 129 cm³/mol. The number of ether oxygens (including phenoxy) is 1. The van der Waals surface area contributed by atoms with Gasteiger partial charge < -0.3 is 20.3 Å². The Morgan fingerprint density at radius 3 is 2.03 bits per heavy atom. The lowest BCUT2D eigenvalue weighted by molar-refractivity contribution is 0.0677. The minimum absolute atomic E-state index is 0.139. The molecule has 0 saturated heterocycles. The number of aliphatic hydroxyl groups is 2. The van der Waals surface area contributed by atoms with Gasteiger partial charge in [0.1, 0.15) is 6.61 Å². The number of hydrogen-bond acceptors (Lipinski definition) is 4. The van der Waals surface area contributed by atoms with Gasteiger partial charge >= 0.3 is 6.09 Å². The fourth-order valence-corrected chi connectivity index (χ4v) is 3.69. The van der Waals surface area contributed by atoms with Crippen molar-refractivity contribution in [3.8, 4) is 0 Å². The summed E-state index contributed by atoms with van der Waals surface area (Å²) in [7, 11) is 0. The summed E-state index contributed by atoms with van der Waals surface area (Å²) >= 11 is 0. The molecule has 3 N–H and O–H groups in total. The summed E-state index contributed by atoms with van der Waals surface area (Å²) in [4.78, 5) is 12.2. The average Bonchev–Trinajstić information content (AvgIpc) is 2.84. The Morgan fingerprint density at radius 2 is 1.41 bits per heavy atom. The van der Waals surface area contributed by atoms with Crippen LogP contribution in [0, 0.1) is 0 Å². The first kappa shape index (κ1) is 25.9. The zero-order valence-electron chi connectivity index (χ0n) is 19.4. The van der Waals surface area contributed by atoms with Crippen molar-refractivity contribution >= 4 is 6.09 Å². The molecule has 176 valence electrons. The van der Waals surface area contributed by atoms with Crippen LogP contribution in [0.15, 0.2) is 54.6 Å². The van der Waals surface area contributed by atoms with Crippen LogP contribution in [0.5, 0.6) is 0 Å². The third-order valence-corrected chi connectivity index (χ3v) is 5.92. The maximum absolute atomic E-state index is 12.2. The van der Waals surface area contributed by atoms with Gasteiger partial charge in [-0.05, 0) is 42.4 Å². The average molecular weight is 442 g/mol. The number of benzene rings is 2. The van der Waals surface area contributed by atoms with E-state index in [1.54, 1.807) is 0 Å². The molecule has 0 radical (unpaired) electrons. The smallest absolute Gasteiger partial charge is 0.408 e. The summed E-state index contributed by atoms with van der Waals surface area (Å²) < 4.78 is 5.25. The Hall–Kier alpha value is -2.37. The number of amides is 1. The molecule has 0 aliphatic carbocycles. The van der Waals surface area contributed by atoms with E-state index in [4.69, 9.17) is 4.74 Å². The number of unbranched alkanes of at least 4 members (excludes halogenated alkanes) is 5. The number of aryl methyl sites for hydroxylation is 2. The highest BCUT2D eigenvalue weighted by atomic mass is 16.5. The Balaban J connectivity index is 1.78. The molecule has 0 aromatic heterocycles. The summed E-state index contributed by atoms with van der Waals surface area (Å²) in [5, 5.41) is 22.4. The van der Waals surface area contributed by atoms with Gasteiger partial charge in [-0.3, -0.25) is 0 Å². The summed E-state index contributed by atoms with van der Waals surface area (Å²) in [6, 6.07) is 17.9. The third-order valence-electron chi connectivity index (χ3n) is 5.92. The van der Waals surface area contributed by atoms with Gasteiger partial charge in [0.25, 0.3) is 0 Å². The van der Waals surface area contributed by atoms with Crippen LogP contribution < -0.4 is 5.32 Å². The Labute approximate surface area is 192 Å². The zero-order chi connectivity index (χ0) is 23.1. The van der Waals surface area contributed by atoms with Crippen LogP contribution in [-0.4, -0.2) is 35.1 Å². The van der Waals surface area contributed by atoms with Crippen LogP contribution in [0.4, 0.5) is 4.79 Å². The summed E-state index contributed by atoms with van der Waals surface area (Å²) in [6.07, 6.45) is 9.26. The summed E-state index contributed by atoms with van der Waals surface area (Å²) in [5.74, 6) is 0. The molecular weight excluding hydrogens is 402 g/mol. The van der Waals surface area contributed by atoms with Crippen LogP contribution in [0.3, 0.4) is 0 Å². The Morgan fingerprint density at radius 1 is 0.812 bits per heavy atom. The van der Waals surface area contributed by atoms with Gasteiger partial charge in [-0.1, -0.05) is 93.6 Å². The molecule has 0 spiro atoms. The lowest BCUT2D eigenvalue weighted by Gasteiger charge is -2.30. The molecule has 2 rings (SSSR count). The standard InChI is InChI=1S/C27H39NO4/c1-2-3-4-5-6-8-11-23-14-16-24(17-15-23)18-19-27(21-29,22-30)28-26(31)32-20-25-12-9-7-10-13-25/h7,9-10,12-17,29-30H,2-6,8,11,18-22H2,1H3,(H,28,31). The van der Waals surface area contributed by atoms with E-state index >= 15 is 0 Å². The number of aliphatic hydroxyl groups excluding tert-OH is 2. The van der Waals surface area contributed by atoms with E-state index in [0.717, 1.165) is 17.5 Å². The highest BCUT2D eigenvalue weighted by Crippen LogP contribution is 2.17. The van der Waals surface area contributed by atoms with Crippen LogP contribution >= 0.6 is 0 Å². The van der Waals surface area contributed by atoms with Gasteiger partial charge in [0.15, 0.2) is 0 Å². The van der Waals surface area contributed by atoms with E-state index in [1.807, 2.05) is 30.3 Å². The minimum atomic E-state index is -1.12. The first-order chi connectivity index (χ1) is 15.6. The monoisotopic (exact) mass is 441 g/mol. The van der Waals surface area contributed by atoms with Crippen molar-refractivity contribution in [2.24, 2.45) is 0 Å². The zero-order valence-corrected chi connectivity index (χ0v) is 19.4. The van der Waals surface area contributed by atoms with E-state index in [9.17, 15) is 15.0 Å². The number of carbonyl (C=O) groups is 1. The van der Waals surface area contributed by atoms with E-state index in [0.29, 0.717) is 12.8 Å². The molecule has 0 heterocycles. The number of rotatable bonds is 15. The SMILES string of the molecule is CCCCCCCCc1ccc(CCC(CO)(CO)NC(=O)OCc2ccccc2)cc1. The molecule has 2 aromatic rings. The molecule has 0 fully saturated rings. The van der Waals surface area contributed by atoms with Gasteiger partial charge in [0, 0.05) is 0 Å². The lowest BCUT2D eigenvalue weighted by Crippen LogP contribution is -2.54. The van der Waals surface area contributed by atoms with Crippen molar-refractivity contribution in [1.82, 2.24) is 5.32 Å². The van der Waals surface area contributed by atoms with Crippen LogP contribution in [0.1, 0.15) is 68.6 Å². The fraction of sp³-hybridized carbons (Fsp3) is 0.519. The maximum Gasteiger partial charge on any atom is 0.408 e. The van der Waals surface area contributed by atoms with Crippen molar-refractivity contribution in [1.29, 1.82) is 0 Å². The van der Waals surface area contributed by atoms with Crippen LogP contribution in [0.2, 0.25) is 0 Å². The first-order valence-corrected chi connectivity index (χ1v) is 11.9. The van der Waals surface area contributed by atoms with Gasteiger partial charge in [-0.25, -0.2) is 4.79 Å². The first-order valence-electron chi connectivity index (χ1n) is 11.9. The molecule has 0 unspecified atom stereocenters. The molecule has 5 heteroatoms. The predicted octanol–water partition coefficient (Wildman–Crippen LogP) is 5.17. The van der Waals surface area contributed by atoms with Gasteiger partial charge in [0.2, 0.25) is 0 Å². The van der Waals surface area contributed by atoms with Crippen molar-refractivity contribution in [3.05, 3.63) is 71.3 Å². The number of carbonyl (C=O) groups excluding carboxylic acids is 1. The van der Waals surface area contributed by atoms with Gasteiger partial charge in [-0.15, -0.1) is 0 Å². The van der Waals surface area contributed by atoms with Crippen molar-refractivity contribution in [2.75, 3.05) is 13.2 Å². The molecule has 0 aliphatic rings. The van der Waals surface area contributed by atoms with Crippen LogP contribution in [-0.2, 0) is 24.2 Å². The molecular formula is C27H39NO4. The number of hydrogen-bond donors (Lipinski definition) is 3. The second kappa shape index (κ2) is 14.6. The summed E-state index contributed by atoms with van der Waals surface area (Å²) in [6.45, 7) is 1.65. The second-order valence-corrected chi connectivity index (χ2v) is 8.62. The topological polar surface area (TPSA) is 78.8 Å². The molecule has 2 aromatic carbocycles. The molecule has 0 aliphatic heterocycles. The summed E-state index contributed by atoms with van der Waals surface area (Å²) in [5.41, 5.74) is 2.21. The Kier molecular flexibility index (Phi) is 11.8. The molecule has 0 bridgehead atoms. The van der Waals surface area contributed by atoms with E-state index < -0.39 is 11.6 Å². The van der Waals surface area contributed by atoms with E-state index in [2.05, 4.69) is 36.5 Å². The maximum atomic E-state index is 12.2. The largest absolute Gasteiger partial charge is 0.445 e.